The fourth-order valence-corrected chi connectivity index (χ4v) is 5.49. The van der Waals surface area contributed by atoms with Crippen LogP contribution in [0.15, 0.2) is 30.5 Å². The Balaban J connectivity index is 1.44. The van der Waals surface area contributed by atoms with Gasteiger partial charge in [-0.05, 0) is 83.7 Å². The second-order valence-electron chi connectivity index (χ2n) is 10.6. The first-order chi connectivity index (χ1) is 16.1. The van der Waals surface area contributed by atoms with Crippen LogP contribution >= 0.6 is 0 Å². The molecular weight excluding hydrogens is 426 g/mol. The van der Waals surface area contributed by atoms with Crippen LogP contribution in [0.1, 0.15) is 75.0 Å². The number of Topliss-reactive ketones (excluding diaryl/α,β-unsaturated/α-hetero) is 1. The molecule has 0 unspecified atom stereocenters. The molecule has 3 heterocycles. The summed E-state index contributed by atoms with van der Waals surface area (Å²) in [6.45, 7) is 12.9. The number of benzene rings is 1. The minimum absolute atomic E-state index is 0.00976. The van der Waals surface area contributed by atoms with Crippen molar-refractivity contribution in [3.05, 3.63) is 47.3 Å². The van der Waals surface area contributed by atoms with Gasteiger partial charge in [0.2, 0.25) is 0 Å². The average molecular weight is 466 g/mol. The number of ketones is 1. The van der Waals surface area contributed by atoms with Crippen molar-refractivity contribution < 1.29 is 9.59 Å². The van der Waals surface area contributed by atoms with Gasteiger partial charge in [-0.2, -0.15) is 9.78 Å². The number of anilines is 1. The van der Waals surface area contributed by atoms with Gasteiger partial charge >= 0.3 is 6.03 Å². The molecule has 2 aromatic rings. The number of rotatable bonds is 5. The monoisotopic (exact) mass is 465 g/mol. The van der Waals surface area contributed by atoms with Crippen LogP contribution in [0, 0.1) is 6.92 Å². The van der Waals surface area contributed by atoms with E-state index in [0.717, 1.165) is 19.4 Å². The molecule has 1 amide bonds. The quantitative estimate of drug-likeness (QED) is 0.598. The summed E-state index contributed by atoms with van der Waals surface area (Å²) in [5, 5.41) is 4.14. The molecule has 0 N–H and O–H groups in total. The van der Waals surface area contributed by atoms with Crippen molar-refractivity contribution in [1.29, 1.82) is 0 Å². The van der Waals surface area contributed by atoms with E-state index >= 15 is 0 Å². The van der Waals surface area contributed by atoms with Crippen molar-refractivity contribution in [2.45, 2.75) is 84.5 Å². The number of carbonyl (C=O) groups is 2. The van der Waals surface area contributed by atoms with Crippen LogP contribution in [0.5, 0.6) is 0 Å². The predicted octanol–water partition coefficient (Wildman–Crippen LogP) is 4.73. The second-order valence-corrected chi connectivity index (χ2v) is 10.6. The van der Waals surface area contributed by atoms with E-state index in [1.807, 2.05) is 4.90 Å². The smallest absolute Gasteiger partial charge is 0.344 e. The molecule has 7 nitrogen and oxygen atoms in total. The lowest BCUT2D eigenvalue weighted by Crippen LogP contribution is -2.53. The number of aromatic nitrogens is 2. The van der Waals surface area contributed by atoms with Crippen molar-refractivity contribution in [1.82, 2.24) is 19.6 Å². The Bertz CT molecular complexity index is 1040. The Kier molecular flexibility index (Phi) is 6.85. The van der Waals surface area contributed by atoms with Crippen molar-refractivity contribution in [3.8, 4) is 0 Å². The molecule has 2 saturated heterocycles. The predicted molar refractivity (Wildman–Crippen MR) is 136 cm³/mol. The Morgan fingerprint density at radius 3 is 2.35 bits per heavy atom. The molecule has 4 rings (SSSR count). The largest absolute Gasteiger partial charge is 0.366 e. The summed E-state index contributed by atoms with van der Waals surface area (Å²) in [5.74, 6) is -0.132. The summed E-state index contributed by atoms with van der Waals surface area (Å²) >= 11 is 0. The first-order valence-electron chi connectivity index (χ1n) is 12.5. The van der Waals surface area contributed by atoms with Gasteiger partial charge in [0.1, 0.15) is 5.69 Å². The number of hydrogen-bond donors (Lipinski definition) is 0. The highest BCUT2D eigenvalue weighted by molar-refractivity contribution is 5.92. The zero-order valence-electron chi connectivity index (χ0n) is 21.5. The van der Waals surface area contributed by atoms with Gasteiger partial charge in [-0.3, -0.25) is 9.69 Å². The van der Waals surface area contributed by atoms with Gasteiger partial charge < -0.3 is 9.80 Å². The maximum Gasteiger partial charge on any atom is 0.344 e. The van der Waals surface area contributed by atoms with Crippen molar-refractivity contribution in [2.75, 3.05) is 25.0 Å². The first-order valence-corrected chi connectivity index (χ1v) is 12.5. The highest BCUT2D eigenvalue weighted by Crippen LogP contribution is 2.36. The molecule has 0 radical (unpaired) electrons. The molecule has 2 aliphatic heterocycles. The van der Waals surface area contributed by atoms with Gasteiger partial charge in [-0.25, -0.2) is 4.79 Å². The Morgan fingerprint density at radius 1 is 1.12 bits per heavy atom. The Labute approximate surface area is 203 Å². The summed E-state index contributed by atoms with van der Waals surface area (Å²) in [4.78, 5) is 31.3. The first kappa shape index (κ1) is 24.5. The highest BCUT2D eigenvalue weighted by Gasteiger charge is 2.36. The van der Waals surface area contributed by atoms with E-state index in [1.165, 1.54) is 41.3 Å². The molecule has 34 heavy (non-hydrogen) atoms. The summed E-state index contributed by atoms with van der Waals surface area (Å²) in [5.41, 5.74) is 4.39. The van der Waals surface area contributed by atoms with E-state index < -0.39 is 0 Å². The van der Waals surface area contributed by atoms with E-state index in [-0.39, 0.29) is 17.4 Å². The number of piperidine rings is 1. The Hall–Kier alpha value is -2.67. The third-order valence-corrected chi connectivity index (χ3v) is 8.06. The number of carbonyl (C=O) groups excluding carboxylic acids is 2. The molecule has 1 aromatic heterocycles. The zero-order chi connectivity index (χ0) is 24.6. The third kappa shape index (κ3) is 4.76. The van der Waals surface area contributed by atoms with E-state index in [1.54, 1.807) is 12.3 Å². The van der Waals surface area contributed by atoms with E-state index in [2.05, 4.69) is 67.8 Å². The molecule has 0 spiro atoms. The van der Waals surface area contributed by atoms with E-state index in [9.17, 15) is 9.59 Å². The lowest BCUT2D eigenvalue weighted by atomic mass is 9.87. The van der Waals surface area contributed by atoms with Gasteiger partial charge in [0.25, 0.3) is 0 Å². The molecule has 0 saturated carbocycles. The fraction of sp³-hybridized carbons (Fsp3) is 0.593. The van der Waals surface area contributed by atoms with Crippen molar-refractivity contribution in [3.63, 3.8) is 0 Å². The summed E-state index contributed by atoms with van der Waals surface area (Å²) in [6, 6.07) is 9.45. The molecule has 1 aromatic carbocycles. The normalized spacial score (nSPS) is 22.4. The van der Waals surface area contributed by atoms with E-state index in [0.29, 0.717) is 30.9 Å². The van der Waals surface area contributed by atoms with Gasteiger partial charge in [0.15, 0.2) is 5.78 Å². The van der Waals surface area contributed by atoms with Crippen LogP contribution in [0.25, 0.3) is 0 Å². The number of hydrogen-bond acceptors (Lipinski definition) is 5. The number of amides is 1. The second kappa shape index (κ2) is 9.53. The molecule has 7 heteroatoms. The van der Waals surface area contributed by atoms with Gasteiger partial charge in [-0.1, -0.05) is 12.1 Å². The number of likely N-dealkylation sites (tertiary alicyclic amines) is 1. The van der Waals surface area contributed by atoms with Crippen LogP contribution in [0.4, 0.5) is 10.5 Å². The standard InChI is InChI=1S/C27H39N5O2/c1-19-7-10-23(25(17-19)32-20(2)8-9-21(32)3)18-29(6)27(5)12-15-30(16-13-27)26(34)31-14-11-24(28-31)22(4)33/h7,10-11,14,17,20-21H,8-9,12-13,15-16,18H2,1-6H3/t20-,21-/m1/s1. The SMILES string of the molecule is CC(=O)c1ccn(C(=O)N2CCC(C)(N(C)Cc3ccc(C)cc3N3[C@H](C)CC[C@H]3C)CC2)n1. The molecule has 0 aliphatic carbocycles. The fourth-order valence-electron chi connectivity index (χ4n) is 5.49. The third-order valence-electron chi connectivity index (χ3n) is 8.06. The molecular formula is C27H39N5O2. The maximum absolute atomic E-state index is 12.9. The maximum atomic E-state index is 12.9. The Morgan fingerprint density at radius 2 is 1.76 bits per heavy atom. The lowest BCUT2D eigenvalue weighted by Gasteiger charge is -2.45. The van der Waals surface area contributed by atoms with E-state index in [4.69, 9.17) is 0 Å². The number of nitrogens with zero attached hydrogens (tertiary/aromatic N) is 5. The zero-order valence-corrected chi connectivity index (χ0v) is 21.5. The van der Waals surface area contributed by atoms with Crippen molar-refractivity contribution in [2.24, 2.45) is 0 Å². The van der Waals surface area contributed by atoms with Gasteiger partial charge in [0, 0.05) is 56.1 Å². The average Bonchev–Trinajstić information content (AvgIpc) is 3.42. The molecule has 184 valence electrons. The number of aryl methyl sites for hydroxylation is 1. The van der Waals surface area contributed by atoms with Crippen LogP contribution in [0.3, 0.4) is 0 Å². The van der Waals surface area contributed by atoms with Gasteiger partial charge in [-0.15, -0.1) is 0 Å². The highest BCUT2D eigenvalue weighted by atomic mass is 16.2. The molecule has 0 bridgehead atoms. The van der Waals surface area contributed by atoms with Crippen LogP contribution in [0.2, 0.25) is 0 Å². The summed E-state index contributed by atoms with van der Waals surface area (Å²) in [6.07, 6.45) is 5.87. The van der Waals surface area contributed by atoms with Crippen LogP contribution in [-0.4, -0.2) is 69.2 Å². The lowest BCUT2D eigenvalue weighted by molar-refractivity contribution is 0.0585. The minimum atomic E-state index is -0.157. The van der Waals surface area contributed by atoms with Crippen LogP contribution in [-0.2, 0) is 6.54 Å². The molecule has 2 fully saturated rings. The minimum Gasteiger partial charge on any atom is -0.366 e. The topological polar surface area (TPSA) is 61.7 Å². The molecule has 2 atom stereocenters. The summed E-state index contributed by atoms with van der Waals surface area (Å²) < 4.78 is 1.29. The van der Waals surface area contributed by atoms with Gasteiger partial charge in [0.05, 0.1) is 0 Å². The van der Waals surface area contributed by atoms with Crippen LogP contribution < -0.4 is 4.90 Å². The summed E-state index contributed by atoms with van der Waals surface area (Å²) in [7, 11) is 2.21. The molecule has 2 aliphatic rings. The van der Waals surface area contributed by atoms with Crippen molar-refractivity contribution >= 4 is 17.5 Å².